The van der Waals surface area contributed by atoms with Gasteiger partial charge in [0.15, 0.2) is 5.78 Å². The highest BCUT2D eigenvalue weighted by Gasteiger charge is 2.73. The van der Waals surface area contributed by atoms with Gasteiger partial charge in [0.1, 0.15) is 5.76 Å². The Hall–Kier alpha value is -0.790. The first-order chi connectivity index (χ1) is 10.2. The highest BCUT2D eigenvalue weighted by atomic mass is 16.5. The van der Waals surface area contributed by atoms with Crippen LogP contribution in [-0.2, 0) is 9.53 Å². The Kier molecular flexibility index (Phi) is 2.68. The van der Waals surface area contributed by atoms with Crippen LogP contribution >= 0.6 is 0 Å². The van der Waals surface area contributed by atoms with Crippen LogP contribution in [0, 0.1) is 33.5 Å². The summed E-state index contributed by atoms with van der Waals surface area (Å²) in [5.74, 6) is 2.73. The predicted octanol–water partition coefficient (Wildman–Crippen LogP) is 4.74. The summed E-state index contributed by atoms with van der Waals surface area (Å²) in [6.07, 6.45) is 8.92. The molecule has 0 unspecified atom stereocenters. The molecule has 5 atom stereocenters. The molecule has 0 saturated heterocycles. The summed E-state index contributed by atoms with van der Waals surface area (Å²) in [5, 5.41) is 0. The van der Waals surface area contributed by atoms with Gasteiger partial charge in [0.25, 0.3) is 0 Å². The average molecular weight is 302 g/mol. The molecule has 2 nitrogen and oxygen atoms in total. The zero-order valence-corrected chi connectivity index (χ0v) is 14.8. The number of fused-ring (bicyclic) bond motifs is 2. The Bertz CT molecular complexity index is 574. The van der Waals surface area contributed by atoms with Gasteiger partial charge in [-0.25, -0.2) is 0 Å². The SMILES string of the molecule is COC1=CC(=O)C[C@]23C[C@]4(C)CCC(C)(C)[C@@H]4[C@H]2CC[C@]13C. The van der Waals surface area contributed by atoms with Gasteiger partial charge in [-0.05, 0) is 60.2 Å². The number of ketones is 1. The van der Waals surface area contributed by atoms with Crippen molar-refractivity contribution < 1.29 is 9.53 Å². The molecule has 0 aromatic heterocycles. The Morgan fingerprint density at radius 3 is 2.55 bits per heavy atom. The molecule has 0 aliphatic heterocycles. The summed E-state index contributed by atoms with van der Waals surface area (Å²) in [7, 11) is 1.75. The summed E-state index contributed by atoms with van der Waals surface area (Å²) in [4.78, 5) is 12.5. The van der Waals surface area contributed by atoms with Gasteiger partial charge in [0, 0.05) is 17.9 Å². The van der Waals surface area contributed by atoms with Crippen molar-refractivity contribution in [3.63, 3.8) is 0 Å². The van der Waals surface area contributed by atoms with Crippen LogP contribution in [0.1, 0.15) is 66.2 Å². The lowest BCUT2D eigenvalue weighted by molar-refractivity contribution is -0.122. The van der Waals surface area contributed by atoms with Gasteiger partial charge >= 0.3 is 0 Å². The predicted molar refractivity (Wildman–Crippen MR) is 87.2 cm³/mol. The molecular weight excluding hydrogens is 272 g/mol. The second-order valence-electron chi connectivity index (χ2n) is 9.79. The zero-order valence-electron chi connectivity index (χ0n) is 14.8. The summed E-state index contributed by atoms with van der Waals surface area (Å²) in [5.41, 5.74) is 1.07. The van der Waals surface area contributed by atoms with E-state index in [0.717, 1.165) is 18.1 Å². The Morgan fingerprint density at radius 2 is 1.86 bits per heavy atom. The lowest BCUT2D eigenvalue weighted by atomic mass is 9.56. The third kappa shape index (κ3) is 1.45. The largest absolute Gasteiger partial charge is 0.500 e. The molecule has 4 rings (SSSR count). The number of rotatable bonds is 1. The van der Waals surface area contributed by atoms with Crippen molar-refractivity contribution in [1.82, 2.24) is 0 Å². The van der Waals surface area contributed by atoms with Crippen LogP contribution in [0.3, 0.4) is 0 Å². The molecular formula is C20H30O2. The number of allylic oxidation sites excluding steroid dienone is 2. The van der Waals surface area contributed by atoms with Crippen LogP contribution < -0.4 is 0 Å². The minimum absolute atomic E-state index is 0.0732. The van der Waals surface area contributed by atoms with E-state index in [4.69, 9.17) is 4.74 Å². The maximum Gasteiger partial charge on any atom is 0.159 e. The van der Waals surface area contributed by atoms with E-state index in [-0.39, 0.29) is 10.8 Å². The van der Waals surface area contributed by atoms with Gasteiger partial charge in [-0.2, -0.15) is 0 Å². The number of carbonyl (C=O) groups is 1. The first kappa shape index (κ1) is 14.8. The first-order valence-corrected chi connectivity index (χ1v) is 8.98. The average Bonchev–Trinajstić information content (AvgIpc) is 2.92. The van der Waals surface area contributed by atoms with E-state index >= 15 is 0 Å². The highest BCUT2D eigenvalue weighted by Crippen LogP contribution is 2.79. The van der Waals surface area contributed by atoms with E-state index in [0.29, 0.717) is 22.5 Å². The van der Waals surface area contributed by atoms with E-state index in [9.17, 15) is 4.79 Å². The maximum absolute atomic E-state index is 12.5. The minimum Gasteiger partial charge on any atom is -0.500 e. The van der Waals surface area contributed by atoms with Crippen molar-refractivity contribution >= 4 is 5.78 Å². The molecule has 122 valence electrons. The minimum atomic E-state index is 0.0732. The van der Waals surface area contributed by atoms with Crippen LogP contribution in [0.15, 0.2) is 11.8 Å². The van der Waals surface area contributed by atoms with Crippen molar-refractivity contribution in [2.45, 2.75) is 66.2 Å². The molecule has 0 aromatic rings. The smallest absolute Gasteiger partial charge is 0.159 e. The van der Waals surface area contributed by atoms with Crippen LogP contribution in [0.25, 0.3) is 0 Å². The molecule has 3 fully saturated rings. The van der Waals surface area contributed by atoms with Gasteiger partial charge in [0.2, 0.25) is 0 Å². The molecule has 1 spiro atoms. The van der Waals surface area contributed by atoms with Gasteiger partial charge < -0.3 is 4.74 Å². The second-order valence-corrected chi connectivity index (χ2v) is 9.79. The van der Waals surface area contributed by atoms with Crippen molar-refractivity contribution in [2.75, 3.05) is 7.11 Å². The molecule has 3 saturated carbocycles. The first-order valence-electron chi connectivity index (χ1n) is 8.98. The Balaban J connectivity index is 1.87. The van der Waals surface area contributed by atoms with Crippen molar-refractivity contribution in [1.29, 1.82) is 0 Å². The fourth-order valence-electron chi connectivity index (χ4n) is 7.71. The standard InChI is InChI=1S/C20H30O2/c1-17(2)8-9-18(3)12-20-11-13(21)10-15(22-5)19(20,4)7-6-14(20)16(17)18/h10,14,16H,6-9,11-12H2,1-5H3/t14-,16+,18+,19-,20+/m1/s1. The van der Waals surface area contributed by atoms with Crippen LogP contribution in [0.5, 0.6) is 0 Å². The fourth-order valence-corrected chi connectivity index (χ4v) is 7.71. The monoisotopic (exact) mass is 302 g/mol. The van der Waals surface area contributed by atoms with E-state index in [2.05, 4.69) is 27.7 Å². The van der Waals surface area contributed by atoms with Gasteiger partial charge in [-0.15, -0.1) is 0 Å². The third-order valence-corrected chi connectivity index (χ3v) is 8.36. The summed E-state index contributed by atoms with van der Waals surface area (Å²) in [6, 6.07) is 0. The quantitative estimate of drug-likeness (QED) is 0.699. The van der Waals surface area contributed by atoms with Crippen LogP contribution in [0.4, 0.5) is 0 Å². The molecule has 0 radical (unpaired) electrons. The van der Waals surface area contributed by atoms with Gasteiger partial charge in [0.05, 0.1) is 7.11 Å². The van der Waals surface area contributed by atoms with Crippen molar-refractivity contribution in [2.24, 2.45) is 33.5 Å². The highest BCUT2D eigenvalue weighted by molar-refractivity contribution is 5.92. The lowest BCUT2D eigenvalue weighted by Gasteiger charge is -2.48. The number of hydrogen-bond acceptors (Lipinski definition) is 2. The molecule has 4 aliphatic carbocycles. The molecule has 0 amide bonds. The number of hydrogen-bond donors (Lipinski definition) is 0. The third-order valence-electron chi connectivity index (χ3n) is 8.36. The van der Waals surface area contributed by atoms with Gasteiger partial charge in [-0.1, -0.05) is 27.7 Å². The second kappa shape index (κ2) is 3.99. The Labute approximate surface area is 134 Å². The molecule has 4 aliphatic rings. The topological polar surface area (TPSA) is 26.3 Å². The number of methoxy groups -OCH3 is 1. The van der Waals surface area contributed by atoms with Crippen LogP contribution in [0.2, 0.25) is 0 Å². The maximum atomic E-state index is 12.5. The van der Waals surface area contributed by atoms with E-state index in [1.807, 2.05) is 0 Å². The molecule has 2 heteroatoms. The van der Waals surface area contributed by atoms with E-state index in [1.54, 1.807) is 13.2 Å². The summed E-state index contributed by atoms with van der Waals surface area (Å²) in [6.45, 7) is 9.83. The van der Waals surface area contributed by atoms with E-state index < -0.39 is 0 Å². The van der Waals surface area contributed by atoms with Crippen molar-refractivity contribution in [3.8, 4) is 0 Å². The molecule has 0 aromatic carbocycles. The summed E-state index contributed by atoms with van der Waals surface area (Å²) < 4.78 is 5.73. The fraction of sp³-hybridized carbons (Fsp3) is 0.850. The molecule has 0 N–H and O–H groups in total. The number of ether oxygens (including phenoxy) is 1. The van der Waals surface area contributed by atoms with Crippen LogP contribution in [-0.4, -0.2) is 12.9 Å². The number of carbonyl (C=O) groups excluding carboxylic acids is 1. The van der Waals surface area contributed by atoms with Gasteiger partial charge in [-0.3, -0.25) is 4.79 Å². The van der Waals surface area contributed by atoms with E-state index in [1.165, 1.54) is 32.1 Å². The Morgan fingerprint density at radius 1 is 1.14 bits per heavy atom. The lowest BCUT2D eigenvalue weighted by Crippen LogP contribution is -2.45. The zero-order chi connectivity index (χ0) is 16.0. The summed E-state index contributed by atoms with van der Waals surface area (Å²) >= 11 is 0. The molecule has 0 bridgehead atoms. The molecule has 0 heterocycles. The molecule has 22 heavy (non-hydrogen) atoms. The normalized spacial score (nSPS) is 52.0. The van der Waals surface area contributed by atoms with Crippen molar-refractivity contribution in [3.05, 3.63) is 11.8 Å².